The van der Waals surface area contributed by atoms with Crippen molar-refractivity contribution in [2.24, 2.45) is 0 Å². The SMILES string of the molecule is CC(=O)NC[C@]1(c2ccccc2)CC[C@@H](O)[C@H](N(C)C(=O)c2cncnc2)CC1. The highest BCUT2D eigenvalue weighted by molar-refractivity contribution is 5.93. The maximum absolute atomic E-state index is 12.8. The molecule has 1 aromatic heterocycles. The Hall–Kier alpha value is -2.80. The lowest BCUT2D eigenvalue weighted by Gasteiger charge is -2.34. The van der Waals surface area contributed by atoms with E-state index in [4.69, 9.17) is 0 Å². The summed E-state index contributed by atoms with van der Waals surface area (Å²) in [5.41, 5.74) is 1.27. The van der Waals surface area contributed by atoms with Crippen LogP contribution < -0.4 is 5.32 Å². The van der Waals surface area contributed by atoms with Crippen molar-refractivity contribution in [1.29, 1.82) is 0 Å². The van der Waals surface area contributed by atoms with Gasteiger partial charge in [-0.25, -0.2) is 9.97 Å². The van der Waals surface area contributed by atoms with Gasteiger partial charge >= 0.3 is 0 Å². The maximum atomic E-state index is 12.8. The average Bonchev–Trinajstić information content (AvgIpc) is 2.92. The lowest BCUT2D eigenvalue weighted by molar-refractivity contribution is -0.119. The van der Waals surface area contributed by atoms with Crippen molar-refractivity contribution in [1.82, 2.24) is 20.2 Å². The molecule has 0 radical (unpaired) electrons. The Kier molecular flexibility index (Phi) is 6.59. The second-order valence-electron chi connectivity index (χ2n) is 7.81. The number of aromatic nitrogens is 2. The Bertz CT molecular complexity index is 830. The van der Waals surface area contributed by atoms with Gasteiger partial charge in [-0.3, -0.25) is 9.59 Å². The van der Waals surface area contributed by atoms with Gasteiger partial charge in [0.1, 0.15) is 6.33 Å². The van der Waals surface area contributed by atoms with Crippen molar-refractivity contribution in [3.63, 3.8) is 0 Å². The van der Waals surface area contributed by atoms with Crippen molar-refractivity contribution < 1.29 is 14.7 Å². The number of amides is 2. The first-order chi connectivity index (χ1) is 13.9. The van der Waals surface area contributed by atoms with E-state index in [0.717, 1.165) is 18.4 Å². The molecule has 1 fully saturated rings. The number of benzene rings is 1. The summed E-state index contributed by atoms with van der Waals surface area (Å²) < 4.78 is 0. The first-order valence-electron chi connectivity index (χ1n) is 9.93. The molecule has 0 spiro atoms. The van der Waals surface area contributed by atoms with Gasteiger partial charge in [0.25, 0.3) is 5.91 Å². The van der Waals surface area contributed by atoms with E-state index in [2.05, 4.69) is 27.4 Å². The minimum Gasteiger partial charge on any atom is -0.391 e. The summed E-state index contributed by atoms with van der Waals surface area (Å²) in [7, 11) is 1.71. The van der Waals surface area contributed by atoms with E-state index < -0.39 is 6.10 Å². The number of nitrogens with one attached hydrogen (secondary N) is 1. The summed E-state index contributed by atoms with van der Waals surface area (Å²) in [5, 5.41) is 13.8. The predicted molar refractivity (Wildman–Crippen MR) is 109 cm³/mol. The second-order valence-corrected chi connectivity index (χ2v) is 7.81. The van der Waals surface area contributed by atoms with Crippen molar-refractivity contribution in [3.05, 3.63) is 60.2 Å². The summed E-state index contributed by atoms with van der Waals surface area (Å²) in [4.78, 5) is 33.9. The molecule has 2 N–H and O–H groups in total. The Morgan fingerprint density at radius 3 is 2.48 bits per heavy atom. The third-order valence-corrected chi connectivity index (χ3v) is 5.97. The number of carbonyl (C=O) groups excluding carboxylic acids is 2. The lowest BCUT2D eigenvalue weighted by atomic mass is 9.74. The molecule has 0 bridgehead atoms. The average molecular weight is 396 g/mol. The second kappa shape index (κ2) is 9.13. The first kappa shape index (κ1) is 20.9. The molecule has 3 atom stereocenters. The number of likely N-dealkylation sites (N-methyl/N-ethyl adjacent to an activating group) is 1. The van der Waals surface area contributed by atoms with Crippen LogP contribution in [0.5, 0.6) is 0 Å². The lowest BCUT2D eigenvalue weighted by Crippen LogP contribution is -2.44. The van der Waals surface area contributed by atoms with Crippen LogP contribution in [0.2, 0.25) is 0 Å². The van der Waals surface area contributed by atoms with Crippen LogP contribution in [0.25, 0.3) is 0 Å². The zero-order chi connectivity index (χ0) is 20.9. The van der Waals surface area contributed by atoms with Crippen LogP contribution >= 0.6 is 0 Å². The standard InChI is InChI=1S/C22H28N4O3/c1-16(27)25-14-22(18-6-4-3-5-7-18)10-8-19(20(28)9-11-22)26(2)21(29)17-12-23-15-24-13-17/h3-7,12-13,15,19-20,28H,8-11,14H2,1-2H3,(H,25,27)/t19-,20-,22-/m1/s1. The number of rotatable bonds is 5. The summed E-state index contributed by atoms with van der Waals surface area (Å²) in [6.07, 6.45) is 6.37. The van der Waals surface area contributed by atoms with Crippen molar-refractivity contribution in [2.45, 2.75) is 50.2 Å². The van der Waals surface area contributed by atoms with Gasteiger partial charge in [-0.1, -0.05) is 30.3 Å². The van der Waals surface area contributed by atoms with Crippen molar-refractivity contribution in [2.75, 3.05) is 13.6 Å². The highest BCUT2D eigenvalue weighted by atomic mass is 16.3. The molecule has 0 aliphatic heterocycles. The van der Waals surface area contributed by atoms with Crippen LogP contribution in [0, 0.1) is 0 Å². The summed E-state index contributed by atoms with van der Waals surface area (Å²) >= 11 is 0. The number of nitrogens with zero attached hydrogens (tertiary/aromatic N) is 3. The molecule has 1 aromatic carbocycles. The molecular formula is C22H28N4O3. The van der Waals surface area contributed by atoms with E-state index in [1.54, 1.807) is 11.9 Å². The van der Waals surface area contributed by atoms with Gasteiger partial charge in [0.2, 0.25) is 5.91 Å². The largest absolute Gasteiger partial charge is 0.391 e. The van der Waals surface area contributed by atoms with Gasteiger partial charge in [-0.2, -0.15) is 0 Å². The number of hydrogen-bond acceptors (Lipinski definition) is 5. The number of carbonyl (C=O) groups is 2. The molecule has 154 valence electrons. The van der Waals surface area contributed by atoms with Crippen LogP contribution in [-0.2, 0) is 10.2 Å². The first-order valence-corrected chi connectivity index (χ1v) is 9.93. The highest BCUT2D eigenvalue weighted by Gasteiger charge is 2.40. The van der Waals surface area contributed by atoms with Gasteiger partial charge < -0.3 is 15.3 Å². The fourth-order valence-electron chi connectivity index (χ4n) is 4.23. The van der Waals surface area contributed by atoms with Gasteiger partial charge in [-0.05, 0) is 31.2 Å². The van der Waals surface area contributed by atoms with Gasteiger partial charge in [0.15, 0.2) is 0 Å². The summed E-state index contributed by atoms with van der Waals surface area (Å²) in [6.45, 7) is 2.03. The van der Waals surface area contributed by atoms with Crippen LogP contribution in [0.3, 0.4) is 0 Å². The van der Waals surface area contributed by atoms with Crippen molar-refractivity contribution >= 4 is 11.8 Å². The smallest absolute Gasteiger partial charge is 0.257 e. The van der Waals surface area contributed by atoms with Gasteiger partial charge in [-0.15, -0.1) is 0 Å². The molecule has 0 saturated heterocycles. The van der Waals surface area contributed by atoms with Crippen LogP contribution in [-0.4, -0.2) is 57.5 Å². The molecule has 2 aromatic rings. The molecule has 7 nitrogen and oxygen atoms in total. The van der Waals surface area contributed by atoms with Crippen LogP contribution in [0.4, 0.5) is 0 Å². The zero-order valence-electron chi connectivity index (χ0n) is 16.9. The molecule has 2 amide bonds. The van der Waals surface area contributed by atoms with Crippen LogP contribution in [0.1, 0.15) is 48.5 Å². The Labute approximate surface area is 171 Å². The molecule has 1 aliphatic carbocycles. The Morgan fingerprint density at radius 2 is 1.83 bits per heavy atom. The predicted octanol–water partition coefficient (Wildman–Crippen LogP) is 1.93. The molecule has 1 saturated carbocycles. The van der Waals surface area contributed by atoms with Gasteiger partial charge in [0, 0.05) is 38.3 Å². The number of aliphatic hydroxyl groups is 1. The minimum absolute atomic E-state index is 0.0713. The Balaban J connectivity index is 1.83. The fourth-order valence-corrected chi connectivity index (χ4v) is 4.23. The fraction of sp³-hybridized carbons (Fsp3) is 0.455. The molecule has 7 heteroatoms. The molecule has 29 heavy (non-hydrogen) atoms. The third-order valence-electron chi connectivity index (χ3n) is 5.97. The van der Waals surface area contributed by atoms with E-state index >= 15 is 0 Å². The van der Waals surface area contributed by atoms with E-state index in [0.29, 0.717) is 24.9 Å². The topological polar surface area (TPSA) is 95.4 Å². The maximum Gasteiger partial charge on any atom is 0.257 e. The third kappa shape index (κ3) is 4.79. The van der Waals surface area contributed by atoms with Crippen LogP contribution in [0.15, 0.2) is 49.1 Å². The number of aliphatic hydroxyl groups excluding tert-OH is 1. The summed E-state index contributed by atoms with van der Waals surface area (Å²) in [6, 6.07) is 9.79. The monoisotopic (exact) mass is 396 g/mol. The van der Waals surface area contributed by atoms with E-state index in [9.17, 15) is 14.7 Å². The quantitative estimate of drug-likeness (QED) is 0.753. The van der Waals surface area contributed by atoms with E-state index in [1.807, 2.05) is 18.2 Å². The minimum atomic E-state index is -0.642. The Morgan fingerprint density at radius 1 is 1.17 bits per heavy atom. The molecule has 1 heterocycles. The van der Waals surface area contributed by atoms with Crippen molar-refractivity contribution in [3.8, 4) is 0 Å². The normalized spacial score (nSPS) is 24.4. The number of hydrogen-bond donors (Lipinski definition) is 2. The molecular weight excluding hydrogens is 368 g/mol. The molecule has 3 rings (SSSR count). The van der Waals surface area contributed by atoms with E-state index in [-0.39, 0.29) is 23.3 Å². The zero-order valence-corrected chi connectivity index (χ0v) is 16.9. The summed E-state index contributed by atoms with van der Waals surface area (Å²) in [5.74, 6) is -0.276. The molecule has 1 aliphatic rings. The van der Waals surface area contributed by atoms with Gasteiger partial charge in [0.05, 0.1) is 17.7 Å². The van der Waals surface area contributed by atoms with E-state index in [1.165, 1.54) is 25.6 Å². The highest BCUT2D eigenvalue weighted by Crippen LogP contribution is 2.39. The molecule has 0 unspecified atom stereocenters.